The first-order valence-electron chi connectivity index (χ1n) is 9.81. The highest BCUT2D eigenvalue weighted by Gasteiger charge is 2.41. The van der Waals surface area contributed by atoms with Gasteiger partial charge in [0.05, 0.1) is 19.3 Å². The number of nitrogens with one attached hydrogen (secondary N) is 1. The lowest BCUT2D eigenvalue weighted by Crippen LogP contribution is -2.55. The number of pyridine rings is 1. The molecule has 0 spiro atoms. The second-order valence-corrected chi connectivity index (χ2v) is 7.22. The van der Waals surface area contributed by atoms with Crippen molar-refractivity contribution in [1.82, 2.24) is 10.3 Å². The number of benzene rings is 1. The largest absolute Gasteiger partial charge is 0.488 e. The van der Waals surface area contributed by atoms with Gasteiger partial charge in [-0.15, -0.1) is 0 Å². The molecule has 1 amide bonds. The van der Waals surface area contributed by atoms with Gasteiger partial charge in [0.2, 0.25) is 0 Å². The van der Waals surface area contributed by atoms with Crippen LogP contribution in [0.5, 0.6) is 11.6 Å². The lowest BCUT2D eigenvalue weighted by molar-refractivity contribution is -0.145. The number of amides is 1. The molecule has 1 aromatic carbocycles. The van der Waals surface area contributed by atoms with Gasteiger partial charge in [-0.25, -0.2) is 9.78 Å². The summed E-state index contributed by atoms with van der Waals surface area (Å²) in [4.78, 5) is 28.7. The molecule has 1 fully saturated rings. The predicted octanol–water partition coefficient (Wildman–Crippen LogP) is 3.23. The highest BCUT2D eigenvalue weighted by molar-refractivity contribution is 5.98. The molecule has 2 N–H and O–H groups in total. The molecule has 1 aliphatic carbocycles. The number of rotatable bonds is 8. The van der Waals surface area contributed by atoms with Crippen molar-refractivity contribution in [3.05, 3.63) is 53.7 Å². The zero-order valence-electron chi connectivity index (χ0n) is 16.5. The third-order valence-electron chi connectivity index (χ3n) is 5.23. The topological polar surface area (TPSA) is 97.8 Å². The Morgan fingerprint density at radius 1 is 1.17 bits per heavy atom. The molecule has 1 heterocycles. The predicted molar refractivity (Wildman–Crippen MR) is 107 cm³/mol. The first-order chi connectivity index (χ1) is 14.0. The average Bonchev–Trinajstić information content (AvgIpc) is 2.75. The first-order valence-corrected chi connectivity index (χ1v) is 9.81. The molecule has 2 aromatic rings. The van der Waals surface area contributed by atoms with Crippen molar-refractivity contribution >= 4 is 11.9 Å². The molecule has 0 radical (unpaired) electrons. The van der Waals surface area contributed by atoms with Crippen LogP contribution in [0.15, 0.2) is 42.6 Å². The molecule has 1 saturated carbocycles. The Balaban J connectivity index is 1.71. The van der Waals surface area contributed by atoms with Gasteiger partial charge < -0.3 is 19.9 Å². The summed E-state index contributed by atoms with van der Waals surface area (Å²) >= 11 is 0. The van der Waals surface area contributed by atoms with Gasteiger partial charge in [0.25, 0.3) is 11.8 Å². The van der Waals surface area contributed by atoms with E-state index < -0.39 is 17.4 Å². The van der Waals surface area contributed by atoms with E-state index in [0.29, 0.717) is 31.6 Å². The second-order valence-electron chi connectivity index (χ2n) is 7.22. The molecule has 1 aliphatic rings. The Labute approximate surface area is 170 Å². The van der Waals surface area contributed by atoms with Crippen LogP contribution in [0, 0.1) is 0 Å². The number of carbonyl (C=O) groups is 2. The van der Waals surface area contributed by atoms with Gasteiger partial charge in [0.1, 0.15) is 5.54 Å². The highest BCUT2D eigenvalue weighted by Crippen LogP contribution is 2.30. The fourth-order valence-electron chi connectivity index (χ4n) is 3.57. The van der Waals surface area contributed by atoms with Gasteiger partial charge in [-0.2, -0.15) is 0 Å². The number of carboxylic acids is 1. The van der Waals surface area contributed by atoms with Gasteiger partial charge >= 0.3 is 5.97 Å². The van der Waals surface area contributed by atoms with E-state index in [1.54, 1.807) is 6.07 Å². The van der Waals surface area contributed by atoms with Crippen LogP contribution in [0.25, 0.3) is 0 Å². The molecule has 154 valence electrons. The summed E-state index contributed by atoms with van der Waals surface area (Å²) in [7, 11) is 1.48. The minimum Gasteiger partial charge on any atom is -0.488 e. The van der Waals surface area contributed by atoms with Crippen molar-refractivity contribution in [2.24, 2.45) is 0 Å². The Morgan fingerprint density at radius 3 is 2.55 bits per heavy atom. The standard InChI is InChI=1S/C22H26N2O5/c1-28-20-18(29-13-10-16-8-4-2-5-9-16)14-17(15-23-20)19(25)24-22(21(26)27)11-6-3-7-12-22/h2,4-5,8-9,14-15H,3,6-7,10-13H2,1H3,(H,24,25)(H,26,27). The number of ether oxygens (including phenoxy) is 2. The number of carboxylic acid groups (broad SMARTS) is 1. The number of carbonyl (C=O) groups excluding carboxylic acids is 1. The first kappa shape index (κ1) is 20.6. The maximum absolute atomic E-state index is 12.8. The summed E-state index contributed by atoms with van der Waals surface area (Å²) in [6, 6.07) is 11.5. The number of hydrogen-bond donors (Lipinski definition) is 2. The van der Waals surface area contributed by atoms with E-state index in [1.807, 2.05) is 30.3 Å². The number of aliphatic carboxylic acids is 1. The van der Waals surface area contributed by atoms with E-state index in [0.717, 1.165) is 24.8 Å². The Morgan fingerprint density at radius 2 is 1.90 bits per heavy atom. The van der Waals surface area contributed by atoms with Gasteiger partial charge in [0.15, 0.2) is 5.75 Å². The fourth-order valence-corrected chi connectivity index (χ4v) is 3.57. The number of methoxy groups -OCH3 is 1. The number of hydrogen-bond acceptors (Lipinski definition) is 5. The minimum atomic E-state index is -1.22. The van der Waals surface area contributed by atoms with E-state index in [2.05, 4.69) is 10.3 Å². The summed E-state index contributed by atoms with van der Waals surface area (Å²) in [6.07, 6.45) is 5.46. The summed E-state index contributed by atoms with van der Waals surface area (Å²) in [5, 5.41) is 12.4. The summed E-state index contributed by atoms with van der Waals surface area (Å²) in [6.45, 7) is 0.395. The molecule has 3 rings (SSSR count). The maximum Gasteiger partial charge on any atom is 0.329 e. The van der Waals surface area contributed by atoms with Crippen LogP contribution >= 0.6 is 0 Å². The van der Waals surface area contributed by atoms with Crippen LogP contribution < -0.4 is 14.8 Å². The highest BCUT2D eigenvalue weighted by atomic mass is 16.5. The molecule has 7 nitrogen and oxygen atoms in total. The van der Waals surface area contributed by atoms with Crippen LogP contribution in [-0.2, 0) is 11.2 Å². The molecule has 0 saturated heterocycles. The van der Waals surface area contributed by atoms with E-state index in [4.69, 9.17) is 9.47 Å². The molecule has 0 unspecified atom stereocenters. The van der Waals surface area contributed by atoms with Crippen molar-refractivity contribution in [2.45, 2.75) is 44.1 Å². The van der Waals surface area contributed by atoms with Crippen molar-refractivity contribution in [3.63, 3.8) is 0 Å². The van der Waals surface area contributed by atoms with Crippen LogP contribution in [0.4, 0.5) is 0 Å². The van der Waals surface area contributed by atoms with E-state index >= 15 is 0 Å². The van der Waals surface area contributed by atoms with Crippen molar-refractivity contribution < 1.29 is 24.2 Å². The molecule has 7 heteroatoms. The molecule has 0 aliphatic heterocycles. The Hall–Kier alpha value is -3.09. The normalized spacial score (nSPS) is 15.3. The fraction of sp³-hybridized carbons (Fsp3) is 0.409. The quantitative estimate of drug-likeness (QED) is 0.709. The SMILES string of the molecule is COc1ncc(C(=O)NC2(C(=O)O)CCCCC2)cc1OCCc1ccccc1. The van der Waals surface area contributed by atoms with Crippen molar-refractivity contribution in [1.29, 1.82) is 0 Å². The number of nitrogens with zero attached hydrogens (tertiary/aromatic N) is 1. The molecule has 1 aromatic heterocycles. The van der Waals surface area contributed by atoms with Gasteiger partial charge in [-0.3, -0.25) is 4.79 Å². The van der Waals surface area contributed by atoms with Crippen LogP contribution in [-0.4, -0.2) is 41.2 Å². The summed E-state index contributed by atoms with van der Waals surface area (Å²) in [5.74, 6) is -0.840. The van der Waals surface area contributed by atoms with Crippen molar-refractivity contribution in [3.8, 4) is 11.6 Å². The summed E-state index contributed by atoms with van der Waals surface area (Å²) in [5.41, 5.74) is 0.157. The van der Waals surface area contributed by atoms with E-state index in [1.165, 1.54) is 13.3 Å². The number of aromatic nitrogens is 1. The minimum absolute atomic E-state index is 0.242. The monoisotopic (exact) mass is 398 g/mol. The summed E-state index contributed by atoms with van der Waals surface area (Å²) < 4.78 is 11.0. The van der Waals surface area contributed by atoms with E-state index in [9.17, 15) is 14.7 Å². The van der Waals surface area contributed by atoms with Crippen molar-refractivity contribution in [2.75, 3.05) is 13.7 Å². The molecule has 0 bridgehead atoms. The third kappa shape index (κ3) is 5.04. The molecule has 29 heavy (non-hydrogen) atoms. The smallest absolute Gasteiger partial charge is 0.329 e. The lowest BCUT2D eigenvalue weighted by Gasteiger charge is -2.33. The molecular weight excluding hydrogens is 372 g/mol. The average molecular weight is 398 g/mol. The Kier molecular flexibility index (Phi) is 6.69. The molecule has 0 atom stereocenters. The van der Waals surface area contributed by atoms with Gasteiger partial charge in [0, 0.05) is 18.7 Å². The third-order valence-corrected chi connectivity index (χ3v) is 5.23. The zero-order valence-corrected chi connectivity index (χ0v) is 16.5. The van der Waals surface area contributed by atoms with Crippen LogP contribution in [0.2, 0.25) is 0 Å². The van der Waals surface area contributed by atoms with Gasteiger partial charge in [-0.1, -0.05) is 49.6 Å². The van der Waals surface area contributed by atoms with Gasteiger partial charge in [-0.05, 0) is 18.4 Å². The zero-order chi connectivity index (χ0) is 20.7. The maximum atomic E-state index is 12.8. The Bertz CT molecular complexity index is 848. The second kappa shape index (κ2) is 9.41. The molecular formula is C22H26N2O5. The van der Waals surface area contributed by atoms with E-state index in [-0.39, 0.29) is 11.4 Å². The lowest BCUT2D eigenvalue weighted by atomic mass is 9.81. The van der Waals surface area contributed by atoms with Crippen LogP contribution in [0.1, 0.15) is 48.0 Å². The van der Waals surface area contributed by atoms with Crippen LogP contribution in [0.3, 0.4) is 0 Å².